The minimum atomic E-state index is -2.80. The number of piperazine rings is 1. The van der Waals surface area contributed by atoms with E-state index in [1.807, 2.05) is 18.7 Å². The van der Waals surface area contributed by atoms with E-state index in [2.05, 4.69) is 11.6 Å². The highest BCUT2D eigenvalue weighted by atomic mass is 35.5. The van der Waals surface area contributed by atoms with Gasteiger partial charge in [0.25, 0.3) is 5.56 Å². The fourth-order valence-electron chi connectivity index (χ4n) is 6.40. The van der Waals surface area contributed by atoms with Crippen molar-refractivity contribution in [1.82, 2.24) is 14.5 Å². The Labute approximate surface area is 262 Å². The number of likely N-dealkylation sites (N-methyl/N-ethyl adjacent to an activating group) is 1. The maximum Gasteiger partial charge on any atom is 0.281 e. The van der Waals surface area contributed by atoms with Crippen LogP contribution in [-0.4, -0.2) is 64.7 Å². The normalized spacial score (nSPS) is 17.7. The van der Waals surface area contributed by atoms with E-state index >= 15 is 8.78 Å². The second kappa shape index (κ2) is 10.9. The van der Waals surface area contributed by atoms with Crippen molar-refractivity contribution >= 4 is 39.8 Å². The number of aromatic nitrogens is 2. The maximum absolute atomic E-state index is 17.4. The summed E-state index contributed by atoms with van der Waals surface area (Å²) in [4.78, 5) is 36.4. The fourth-order valence-corrected chi connectivity index (χ4v) is 6.69. The van der Waals surface area contributed by atoms with Gasteiger partial charge in [-0.1, -0.05) is 38.1 Å². The first-order valence-corrected chi connectivity index (χ1v) is 14.5. The van der Waals surface area contributed by atoms with Crippen LogP contribution in [0.4, 0.5) is 20.2 Å². The molecule has 11 heteroatoms. The molecule has 0 unspecified atom stereocenters. The highest BCUT2D eigenvalue weighted by molar-refractivity contribution is 6.34. The average molecular weight is 623 g/mol. The van der Waals surface area contributed by atoms with Crippen molar-refractivity contribution in [3.63, 3.8) is 0 Å². The van der Waals surface area contributed by atoms with Crippen LogP contribution in [0.1, 0.15) is 35.1 Å². The van der Waals surface area contributed by atoms with Crippen LogP contribution in [0.2, 0.25) is 5.02 Å². The Bertz CT molecular complexity index is 2010. The van der Waals surface area contributed by atoms with Gasteiger partial charge < -0.3 is 19.8 Å². The van der Waals surface area contributed by atoms with Crippen molar-refractivity contribution in [2.45, 2.75) is 32.7 Å². The molecule has 6 rings (SSSR count). The van der Waals surface area contributed by atoms with Gasteiger partial charge in [0, 0.05) is 54.4 Å². The van der Waals surface area contributed by atoms with Gasteiger partial charge in [0.1, 0.15) is 17.3 Å². The van der Waals surface area contributed by atoms with Gasteiger partial charge in [-0.2, -0.15) is 0 Å². The number of hydrogen-bond acceptors (Lipinski definition) is 6. The molecule has 4 aromatic rings. The Balaban J connectivity index is 1.81. The zero-order valence-corrected chi connectivity index (χ0v) is 25.1. The number of carbonyl (C=O) groups is 1. The smallest absolute Gasteiger partial charge is 0.281 e. The molecule has 0 spiro atoms. The Morgan fingerprint density at radius 1 is 1.18 bits per heavy atom. The van der Waals surface area contributed by atoms with Gasteiger partial charge in [-0.3, -0.25) is 19.1 Å². The van der Waals surface area contributed by atoms with Crippen LogP contribution in [0.5, 0.6) is 5.75 Å². The van der Waals surface area contributed by atoms with Gasteiger partial charge in [-0.15, -0.1) is 0 Å². The van der Waals surface area contributed by atoms with Crippen LogP contribution in [-0.2, 0) is 4.79 Å². The lowest BCUT2D eigenvalue weighted by Gasteiger charge is -2.49. The molecule has 2 aromatic carbocycles. The standard InChI is InChI=1S/C33H32ClF2N5O3/c1-6-24(43)39-12-13-40-19(16-39)15-38(5)32-31(40)20-14-21(34)25(26-22(35)8-7-9-23(26)42)27(36)30(20)41(33(32)44)29-18(4)10-11-37-28(29)17(2)3/h6-11,14,17,19,42H,1,12-13,15-16H2,2-5H3/t19-/m0/s1/i5D3. The number of rotatable bonds is 4. The molecule has 1 fully saturated rings. The molecule has 0 radical (unpaired) electrons. The molecule has 1 atom stereocenters. The highest BCUT2D eigenvalue weighted by Gasteiger charge is 2.40. The first-order valence-electron chi connectivity index (χ1n) is 15.7. The van der Waals surface area contributed by atoms with Gasteiger partial charge >= 0.3 is 0 Å². The first kappa shape index (κ1) is 26.0. The van der Waals surface area contributed by atoms with Crippen LogP contribution in [0.25, 0.3) is 27.7 Å². The number of aromatic hydroxyl groups is 1. The average Bonchev–Trinajstić information content (AvgIpc) is 3.01. The second-order valence-corrected chi connectivity index (χ2v) is 11.8. The lowest BCUT2D eigenvalue weighted by molar-refractivity contribution is -0.126. The topological polar surface area (TPSA) is 81.9 Å². The number of amides is 1. The van der Waals surface area contributed by atoms with Crippen molar-refractivity contribution < 1.29 is 22.8 Å². The molecule has 2 aliphatic heterocycles. The van der Waals surface area contributed by atoms with Crippen LogP contribution < -0.4 is 15.4 Å². The van der Waals surface area contributed by atoms with E-state index in [0.29, 0.717) is 11.3 Å². The van der Waals surface area contributed by atoms with Gasteiger partial charge in [0.05, 0.1) is 39.2 Å². The zero-order valence-electron chi connectivity index (χ0n) is 27.4. The zero-order chi connectivity index (χ0) is 34.1. The third kappa shape index (κ3) is 4.42. The summed E-state index contributed by atoms with van der Waals surface area (Å²) in [6.07, 6.45) is 2.75. The highest BCUT2D eigenvalue weighted by Crippen LogP contribution is 2.47. The number of fused-ring (bicyclic) bond motifs is 5. The molecule has 8 nitrogen and oxygen atoms in total. The number of carbonyl (C=O) groups excluding carboxylic acids is 1. The number of phenolic OH excluding ortho intramolecular Hbond substituents is 1. The van der Waals surface area contributed by atoms with E-state index in [-0.39, 0.29) is 71.0 Å². The van der Waals surface area contributed by atoms with Crippen molar-refractivity contribution in [3.8, 4) is 22.6 Å². The molecule has 1 amide bonds. The van der Waals surface area contributed by atoms with Crippen molar-refractivity contribution in [3.05, 3.63) is 87.5 Å². The molecular formula is C33H32ClF2N5O3. The van der Waals surface area contributed by atoms with E-state index in [9.17, 15) is 14.7 Å². The molecule has 228 valence electrons. The van der Waals surface area contributed by atoms with Crippen LogP contribution in [0, 0.1) is 18.6 Å². The number of halogens is 3. The summed E-state index contributed by atoms with van der Waals surface area (Å²) in [6, 6.07) is 5.95. The largest absolute Gasteiger partial charge is 0.507 e. The Morgan fingerprint density at radius 2 is 1.95 bits per heavy atom. The summed E-state index contributed by atoms with van der Waals surface area (Å²) in [6.45, 7) is 6.62. The Kier molecular flexibility index (Phi) is 6.46. The van der Waals surface area contributed by atoms with E-state index in [0.717, 1.165) is 15.5 Å². The number of nitrogens with zero attached hydrogens (tertiary/aromatic N) is 5. The lowest BCUT2D eigenvalue weighted by atomic mass is 9.96. The van der Waals surface area contributed by atoms with E-state index < -0.39 is 47.1 Å². The van der Waals surface area contributed by atoms with E-state index in [1.54, 1.807) is 24.1 Å². The molecule has 0 saturated carbocycles. The molecule has 1 N–H and O–H groups in total. The van der Waals surface area contributed by atoms with Crippen molar-refractivity contribution in [1.29, 1.82) is 0 Å². The third-order valence-corrected chi connectivity index (χ3v) is 8.69. The van der Waals surface area contributed by atoms with Gasteiger partial charge in [-0.05, 0) is 48.7 Å². The molecular weight excluding hydrogens is 588 g/mol. The third-order valence-electron chi connectivity index (χ3n) is 8.39. The Morgan fingerprint density at radius 3 is 2.64 bits per heavy atom. The van der Waals surface area contributed by atoms with E-state index in [4.69, 9.17) is 15.7 Å². The predicted molar refractivity (Wildman–Crippen MR) is 169 cm³/mol. The van der Waals surface area contributed by atoms with Crippen molar-refractivity contribution in [2.75, 3.05) is 43.0 Å². The summed E-state index contributed by atoms with van der Waals surface area (Å²) in [5, 5.41) is 10.5. The monoisotopic (exact) mass is 622 g/mol. The lowest BCUT2D eigenvalue weighted by Crippen LogP contribution is -2.61. The fraction of sp³-hybridized carbons (Fsp3) is 0.303. The maximum atomic E-state index is 17.4. The number of aryl methyl sites for hydroxylation is 1. The number of hydrogen-bond donors (Lipinski definition) is 1. The minimum absolute atomic E-state index is 0.0992. The predicted octanol–water partition coefficient (Wildman–Crippen LogP) is 5.77. The summed E-state index contributed by atoms with van der Waals surface area (Å²) in [5.74, 6) is -3.16. The molecule has 2 aliphatic rings. The van der Waals surface area contributed by atoms with Gasteiger partial charge in [-0.25, -0.2) is 8.78 Å². The van der Waals surface area contributed by atoms with Crippen LogP contribution >= 0.6 is 11.6 Å². The van der Waals surface area contributed by atoms with Crippen LogP contribution in [0.15, 0.2) is 54.0 Å². The molecule has 2 aromatic heterocycles. The minimum Gasteiger partial charge on any atom is -0.507 e. The summed E-state index contributed by atoms with van der Waals surface area (Å²) < 4.78 is 59.1. The van der Waals surface area contributed by atoms with Gasteiger partial charge in [0.15, 0.2) is 5.82 Å². The number of anilines is 2. The van der Waals surface area contributed by atoms with E-state index in [1.165, 1.54) is 24.3 Å². The van der Waals surface area contributed by atoms with Crippen molar-refractivity contribution in [2.24, 2.45) is 0 Å². The molecule has 1 saturated heterocycles. The SMILES string of the molecule is [2H]C([2H])([2H])N1C[C@H]2CN(C(=O)C=C)CCN2c2c1c(=O)n(-c1c(C)ccnc1C(C)C)c1c(F)c(-c3c(O)cccc3F)c(Cl)cc21. The van der Waals surface area contributed by atoms with Crippen LogP contribution in [0.3, 0.4) is 0 Å². The molecule has 4 heterocycles. The first-order chi connectivity index (χ1) is 22.2. The molecule has 0 bridgehead atoms. The summed E-state index contributed by atoms with van der Waals surface area (Å²) >= 11 is 6.74. The quantitative estimate of drug-likeness (QED) is 0.291. The summed E-state index contributed by atoms with van der Waals surface area (Å²) in [5.41, 5.74) is -0.857. The number of pyridine rings is 2. The second-order valence-electron chi connectivity index (χ2n) is 11.4. The molecule has 44 heavy (non-hydrogen) atoms. The Hall–Kier alpha value is -4.44. The number of phenols is 1. The number of benzene rings is 2. The molecule has 0 aliphatic carbocycles. The summed E-state index contributed by atoms with van der Waals surface area (Å²) in [7, 11) is 0. The van der Waals surface area contributed by atoms with Gasteiger partial charge in [0.2, 0.25) is 5.91 Å².